The number of rotatable bonds is 3. The van der Waals surface area contributed by atoms with Crippen LogP contribution in [-0.4, -0.2) is 26.8 Å². The number of hydrogen-bond donors (Lipinski definition) is 1. The molecule has 2 aromatic rings. The fourth-order valence-electron chi connectivity index (χ4n) is 1.57. The first-order valence-corrected chi connectivity index (χ1v) is 5.97. The smallest absolute Gasteiger partial charge is 0.367 e. The van der Waals surface area contributed by atoms with Crippen LogP contribution in [0.3, 0.4) is 0 Å². The number of alkyl halides is 3. The molecule has 0 aliphatic rings. The second-order valence-corrected chi connectivity index (χ2v) is 4.79. The zero-order valence-corrected chi connectivity index (χ0v) is 11.0. The molecule has 1 atom stereocenters. The SMILES string of the molecule is CC(CC(F)(F)F)Nc1ccn2ncc(Br)c2n1. The molecule has 98 valence electrons. The van der Waals surface area contributed by atoms with Gasteiger partial charge < -0.3 is 5.32 Å². The molecule has 0 bridgehead atoms. The Morgan fingerprint density at radius 1 is 1.50 bits per heavy atom. The summed E-state index contributed by atoms with van der Waals surface area (Å²) < 4.78 is 38.8. The molecule has 0 radical (unpaired) electrons. The van der Waals surface area contributed by atoms with Gasteiger partial charge in [0.1, 0.15) is 5.82 Å². The fraction of sp³-hybridized carbons (Fsp3) is 0.400. The number of fused-ring (bicyclic) bond motifs is 1. The maximum atomic E-state index is 12.2. The third-order valence-corrected chi connectivity index (χ3v) is 2.82. The standard InChI is InChI=1S/C10H10BrF3N4/c1-6(4-10(12,13)14)16-8-2-3-18-9(17-8)7(11)5-15-18/h2-3,5-6H,4H2,1H3,(H,16,17). The van der Waals surface area contributed by atoms with Crippen LogP contribution in [0.15, 0.2) is 22.9 Å². The molecule has 0 saturated heterocycles. The highest BCUT2D eigenvalue weighted by molar-refractivity contribution is 9.10. The van der Waals surface area contributed by atoms with E-state index in [2.05, 4.69) is 31.3 Å². The predicted octanol–water partition coefficient (Wildman–Crippen LogP) is 3.24. The Morgan fingerprint density at radius 3 is 2.89 bits per heavy atom. The van der Waals surface area contributed by atoms with Crippen molar-refractivity contribution in [3.05, 3.63) is 22.9 Å². The largest absolute Gasteiger partial charge is 0.391 e. The molecule has 0 amide bonds. The van der Waals surface area contributed by atoms with Gasteiger partial charge in [0.05, 0.1) is 17.1 Å². The normalized spacial score (nSPS) is 13.8. The van der Waals surface area contributed by atoms with Crippen molar-refractivity contribution >= 4 is 27.4 Å². The van der Waals surface area contributed by atoms with Crippen LogP contribution in [0.25, 0.3) is 5.65 Å². The van der Waals surface area contributed by atoms with Crippen molar-refractivity contribution in [1.29, 1.82) is 0 Å². The molecule has 0 saturated carbocycles. The maximum Gasteiger partial charge on any atom is 0.391 e. The van der Waals surface area contributed by atoms with E-state index in [0.717, 1.165) is 0 Å². The van der Waals surface area contributed by atoms with Gasteiger partial charge in [0.15, 0.2) is 5.65 Å². The second kappa shape index (κ2) is 4.75. The molecule has 1 unspecified atom stereocenters. The van der Waals surface area contributed by atoms with Crippen molar-refractivity contribution in [2.45, 2.75) is 25.6 Å². The van der Waals surface area contributed by atoms with Gasteiger partial charge in [-0.05, 0) is 28.9 Å². The molecule has 0 fully saturated rings. The molecule has 18 heavy (non-hydrogen) atoms. The Labute approximate surface area is 109 Å². The predicted molar refractivity (Wildman–Crippen MR) is 64.4 cm³/mol. The average Bonchev–Trinajstić information content (AvgIpc) is 2.57. The fourth-order valence-corrected chi connectivity index (χ4v) is 1.93. The number of anilines is 1. The summed E-state index contributed by atoms with van der Waals surface area (Å²) in [6.45, 7) is 1.46. The van der Waals surface area contributed by atoms with Crippen molar-refractivity contribution in [3.63, 3.8) is 0 Å². The minimum absolute atomic E-state index is 0.389. The van der Waals surface area contributed by atoms with Crippen molar-refractivity contribution < 1.29 is 13.2 Å². The van der Waals surface area contributed by atoms with E-state index in [1.165, 1.54) is 11.4 Å². The highest BCUT2D eigenvalue weighted by atomic mass is 79.9. The third-order valence-electron chi connectivity index (χ3n) is 2.26. The van der Waals surface area contributed by atoms with E-state index < -0.39 is 18.6 Å². The summed E-state index contributed by atoms with van der Waals surface area (Å²) in [5.41, 5.74) is 0.555. The summed E-state index contributed by atoms with van der Waals surface area (Å²) >= 11 is 3.26. The monoisotopic (exact) mass is 322 g/mol. The van der Waals surface area contributed by atoms with Gasteiger partial charge in [0.2, 0.25) is 0 Å². The summed E-state index contributed by atoms with van der Waals surface area (Å²) in [6.07, 6.45) is -1.88. The minimum atomic E-state index is -4.19. The van der Waals surface area contributed by atoms with E-state index >= 15 is 0 Å². The Balaban J connectivity index is 2.14. The molecular weight excluding hydrogens is 313 g/mol. The minimum Gasteiger partial charge on any atom is -0.367 e. The van der Waals surface area contributed by atoms with Crippen LogP contribution in [0.1, 0.15) is 13.3 Å². The van der Waals surface area contributed by atoms with Gasteiger partial charge in [-0.15, -0.1) is 0 Å². The van der Waals surface area contributed by atoms with Crippen molar-refractivity contribution in [1.82, 2.24) is 14.6 Å². The van der Waals surface area contributed by atoms with E-state index in [1.54, 1.807) is 18.5 Å². The van der Waals surface area contributed by atoms with E-state index in [4.69, 9.17) is 0 Å². The number of halogens is 4. The van der Waals surface area contributed by atoms with E-state index in [0.29, 0.717) is 15.9 Å². The highest BCUT2D eigenvalue weighted by Gasteiger charge is 2.30. The van der Waals surface area contributed by atoms with Gasteiger partial charge in [-0.3, -0.25) is 0 Å². The first-order valence-electron chi connectivity index (χ1n) is 5.18. The van der Waals surface area contributed by atoms with Gasteiger partial charge in [-0.2, -0.15) is 18.3 Å². The number of nitrogens with one attached hydrogen (secondary N) is 1. The van der Waals surface area contributed by atoms with E-state index in [-0.39, 0.29) is 0 Å². The molecule has 0 aliphatic carbocycles. The van der Waals surface area contributed by atoms with Crippen LogP contribution in [0.4, 0.5) is 19.0 Å². The Hall–Kier alpha value is -1.31. The lowest BCUT2D eigenvalue weighted by Crippen LogP contribution is -2.24. The number of nitrogens with zero attached hydrogens (tertiary/aromatic N) is 3. The summed E-state index contributed by atoms with van der Waals surface area (Å²) in [5.74, 6) is 0.389. The maximum absolute atomic E-state index is 12.2. The average molecular weight is 323 g/mol. The third kappa shape index (κ3) is 3.12. The molecule has 0 aromatic carbocycles. The molecule has 2 aromatic heterocycles. The topological polar surface area (TPSA) is 42.2 Å². The van der Waals surface area contributed by atoms with Crippen molar-refractivity contribution in [3.8, 4) is 0 Å². The summed E-state index contributed by atoms with van der Waals surface area (Å²) in [7, 11) is 0. The van der Waals surface area contributed by atoms with Crippen LogP contribution in [0.2, 0.25) is 0 Å². The lowest BCUT2D eigenvalue weighted by molar-refractivity contribution is -0.136. The number of aromatic nitrogens is 3. The van der Waals surface area contributed by atoms with Gasteiger partial charge in [0, 0.05) is 12.2 Å². The van der Waals surface area contributed by atoms with Crippen LogP contribution in [-0.2, 0) is 0 Å². The van der Waals surface area contributed by atoms with E-state index in [9.17, 15) is 13.2 Å². The van der Waals surface area contributed by atoms with Crippen LogP contribution in [0.5, 0.6) is 0 Å². The Morgan fingerprint density at radius 2 is 2.22 bits per heavy atom. The molecule has 1 N–H and O–H groups in total. The summed E-state index contributed by atoms with van der Waals surface area (Å²) in [4.78, 5) is 4.18. The van der Waals surface area contributed by atoms with Crippen LogP contribution >= 0.6 is 15.9 Å². The first kappa shape index (κ1) is 13.1. The molecule has 4 nitrogen and oxygen atoms in total. The summed E-state index contributed by atoms with van der Waals surface area (Å²) in [6, 6.07) is 0.848. The van der Waals surface area contributed by atoms with Gasteiger partial charge in [0.25, 0.3) is 0 Å². The second-order valence-electron chi connectivity index (χ2n) is 3.94. The van der Waals surface area contributed by atoms with Gasteiger partial charge in [-0.25, -0.2) is 9.50 Å². The summed E-state index contributed by atoms with van der Waals surface area (Å²) in [5, 5.41) is 6.71. The van der Waals surface area contributed by atoms with Crippen LogP contribution < -0.4 is 5.32 Å². The Bertz CT molecular complexity index is 552. The van der Waals surface area contributed by atoms with Crippen molar-refractivity contribution in [2.24, 2.45) is 0 Å². The molecular formula is C10H10BrF3N4. The van der Waals surface area contributed by atoms with Gasteiger partial charge in [-0.1, -0.05) is 0 Å². The number of hydrogen-bond acceptors (Lipinski definition) is 3. The molecule has 0 spiro atoms. The lowest BCUT2D eigenvalue weighted by atomic mass is 10.2. The van der Waals surface area contributed by atoms with E-state index in [1.807, 2.05) is 0 Å². The van der Waals surface area contributed by atoms with Crippen LogP contribution in [0, 0.1) is 0 Å². The molecule has 8 heteroatoms. The highest BCUT2D eigenvalue weighted by Crippen LogP contribution is 2.23. The Kier molecular flexibility index (Phi) is 3.47. The lowest BCUT2D eigenvalue weighted by Gasteiger charge is -2.16. The molecule has 0 aliphatic heterocycles. The molecule has 2 rings (SSSR count). The quantitative estimate of drug-likeness (QED) is 0.943. The zero-order chi connectivity index (χ0) is 13.3. The van der Waals surface area contributed by atoms with Crippen molar-refractivity contribution in [2.75, 3.05) is 5.32 Å². The molecule has 2 heterocycles. The van der Waals surface area contributed by atoms with Gasteiger partial charge >= 0.3 is 6.18 Å². The zero-order valence-electron chi connectivity index (χ0n) is 9.37. The first-order chi connectivity index (χ1) is 8.35.